The zero-order valence-electron chi connectivity index (χ0n) is 18.6. The summed E-state index contributed by atoms with van der Waals surface area (Å²) in [6.45, 7) is 5.73. The molecule has 0 N–H and O–H groups in total. The van der Waals surface area contributed by atoms with Crippen LogP contribution in [-0.2, 0) is 13.1 Å². The van der Waals surface area contributed by atoms with Crippen molar-refractivity contribution in [3.05, 3.63) is 54.5 Å². The lowest BCUT2D eigenvalue weighted by atomic mass is 10.0. The number of carbonyl (C=O) groups is 1. The molecule has 0 bridgehead atoms. The minimum atomic E-state index is -0.157. The number of hydrogen-bond acceptors (Lipinski definition) is 5. The number of rotatable bonds is 3. The summed E-state index contributed by atoms with van der Waals surface area (Å²) in [4.78, 5) is 22.5. The van der Waals surface area contributed by atoms with Crippen LogP contribution in [0.2, 0.25) is 0 Å². The van der Waals surface area contributed by atoms with Crippen molar-refractivity contribution in [2.75, 3.05) is 28.8 Å². The number of pyridine rings is 1. The van der Waals surface area contributed by atoms with Gasteiger partial charge in [-0.15, -0.1) is 18.5 Å². The molecule has 0 aliphatic carbocycles. The molecule has 2 aliphatic heterocycles. The second-order valence-electron chi connectivity index (χ2n) is 9.01. The summed E-state index contributed by atoms with van der Waals surface area (Å²) in [7, 11) is 5.76. The Hall–Kier alpha value is -2.14. The molecule has 2 aromatic heterocycles. The van der Waals surface area contributed by atoms with E-state index in [1.807, 2.05) is 40.0 Å². The highest BCUT2D eigenvalue weighted by molar-refractivity contribution is 7.82. The molecule has 1 saturated heterocycles. The van der Waals surface area contributed by atoms with Crippen LogP contribution < -0.4 is 14.5 Å². The third-order valence-corrected chi connectivity index (χ3v) is 7.71. The highest BCUT2D eigenvalue weighted by Crippen LogP contribution is 2.42. The summed E-state index contributed by atoms with van der Waals surface area (Å²) in [6, 6.07) is 11.9. The maximum atomic E-state index is 13.7. The van der Waals surface area contributed by atoms with Gasteiger partial charge in [0.25, 0.3) is 0 Å². The molecule has 0 saturated carbocycles. The maximum Gasteiger partial charge on any atom is 0.335 e. The molecule has 172 valence electrons. The van der Waals surface area contributed by atoms with Crippen molar-refractivity contribution in [1.29, 1.82) is 0 Å². The molecule has 10 heteroatoms. The number of hydrogen-bond donors (Lipinski definition) is 1. The molecule has 3 aromatic rings. The number of fused-ring (bicyclic) bond motifs is 1. The fourth-order valence-corrected chi connectivity index (χ4v) is 5.62. The van der Waals surface area contributed by atoms with Gasteiger partial charge in [0.1, 0.15) is 5.69 Å². The fourth-order valence-electron chi connectivity index (χ4n) is 4.59. The number of anilines is 2. The Balaban J connectivity index is 1.57. The molecular formula is C23H28N6OP2S. The standard InChI is InChI=1S/C23H28N6OP2S/c1-23(32)8-11-27(15-23)21-20(18(7-9-24-21)17-4-2-3-5-19(17)31)29(33)22(30)26-12-13-28-16(14-26)6-10-25-28/h2-7,9-10,33H,8,11-15,31-32H2,1H3. The van der Waals surface area contributed by atoms with Crippen LogP contribution in [0.25, 0.3) is 11.1 Å². The topological polar surface area (TPSA) is 57.5 Å². The third kappa shape index (κ3) is 4.37. The van der Waals surface area contributed by atoms with Crippen LogP contribution >= 0.6 is 31.3 Å². The zero-order valence-corrected chi connectivity index (χ0v) is 21.8. The van der Waals surface area contributed by atoms with Gasteiger partial charge in [-0.3, -0.25) is 4.68 Å². The first kappa shape index (κ1) is 22.6. The summed E-state index contributed by atoms with van der Waals surface area (Å²) in [5, 5.41) is 5.50. The Morgan fingerprint density at radius 1 is 1.12 bits per heavy atom. The number of carbonyl (C=O) groups excluding carboxylic acids is 1. The van der Waals surface area contributed by atoms with E-state index in [-0.39, 0.29) is 11.2 Å². The second kappa shape index (κ2) is 8.90. The van der Waals surface area contributed by atoms with E-state index in [1.165, 1.54) is 4.31 Å². The summed E-state index contributed by atoms with van der Waals surface area (Å²) < 4.78 is 3.43. The average molecular weight is 499 g/mol. The van der Waals surface area contributed by atoms with Crippen molar-refractivity contribution in [3.8, 4) is 11.1 Å². The van der Waals surface area contributed by atoms with Crippen LogP contribution in [0.5, 0.6) is 0 Å². The number of amides is 2. The van der Waals surface area contributed by atoms with Crippen LogP contribution in [0, 0.1) is 0 Å². The average Bonchev–Trinajstić information content (AvgIpc) is 3.43. The van der Waals surface area contributed by atoms with E-state index < -0.39 is 0 Å². The summed E-state index contributed by atoms with van der Waals surface area (Å²) in [5.74, 6) is 0.789. The SMILES string of the molecule is CC1(P)CCN(c2nccc(-c3ccccc3P)c2N(S)C(=O)N2CCn3nccc3C2)C1. The van der Waals surface area contributed by atoms with Gasteiger partial charge in [0.2, 0.25) is 0 Å². The normalized spacial score (nSPS) is 20.1. The van der Waals surface area contributed by atoms with Crippen LogP contribution in [0.1, 0.15) is 19.0 Å². The maximum absolute atomic E-state index is 13.7. The molecule has 0 spiro atoms. The molecule has 4 heterocycles. The second-order valence-corrected chi connectivity index (χ2v) is 11.4. The van der Waals surface area contributed by atoms with E-state index in [0.717, 1.165) is 53.1 Å². The molecule has 1 aromatic carbocycles. The Morgan fingerprint density at radius 2 is 1.94 bits per heavy atom. The van der Waals surface area contributed by atoms with Crippen molar-refractivity contribution in [2.24, 2.45) is 0 Å². The predicted molar refractivity (Wildman–Crippen MR) is 143 cm³/mol. The molecule has 5 rings (SSSR count). The predicted octanol–water partition coefficient (Wildman–Crippen LogP) is 3.58. The Kier molecular flexibility index (Phi) is 6.11. The summed E-state index contributed by atoms with van der Waals surface area (Å²) in [6.07, 6.45) is 4.65. The molecule has 7 nitrogen and oxygen atoms in total. The van der Waals surface area contributed by atoms with Gasteiger partial charge in [-0.2, -0.15) is 5.10 Å². The first-order valence-corrected chi connectivity index (χ1v) is 12.6. The molecule has 2 aliphatic rings. The van der Waals surface area contributed by atoms with Crippen LogP contribution in [0.3, 0.4) is 0 Å². The van der Waals surface area contributed by atoms with Gasteiger partial charge < -0.3 is 9.80 Å². The number of urea groups is 1. The summed E-state index contributed by atoms with van der Waals surface area (Å²) >= 11 is 4.78. The quantitative estimate of drug-likeness (QED) is 0.443. The number of benzene rings is 1. The third-order valence-electron chi connectivity index (χ3n) is 6.36. The molecule has 33 heavy (non-hydrogen) atoms. The lowest BCUT2D eigenvalue weighted by Gasteiger charge is -2.33. The summed E-state index contributed by atoms with van der Waals surface area (Å²) in [5.41, 5.74) is 3.73. The van der Waals surface area contributed by atoms with Crippen molar-refractivity contribution in [2.45, 2.75) is 31.6 Å². The largest absolute Gasteiger partial charge is 0.354 e. The number of thiol groups is 1. The fraction of sp³-hybridized carbons (Fsp3) is 0.348. The Bertz CT molecular complexity index is 1200. The van der Waals surface area contributed by atoms with E-state index in [2.05, 4.69) is 47.5 Å². The molecule has 0 radical (unpaired) electrons. The van der Waals surface area contributed by atoms with Gasteiger partial charge in [-0.1, -0.05) is 44.0 Å². The van der Waals surface area contributed by atoms with Crippen LogP contribution in [0.15, 0.2) is 48.8 Å². The van der Waals surface area contributed by atoms with Crippen molar-refractivity contribution in [3.63, 3.8) is 0 Å². The van der Waals surface area contributed by atoms with Crippen molar-refractivity contribution >= 4 is 54.1 Å². The van der Waals surface area contributed by atoms with Gasteiger partial charge >= 0.3 is 6.03 Å². The minimum absolute atomic E-state index is 0.115. The smallest absolute Gasteiger partial charge is 0.335 e. The lowest BCUT2D eigenvalue weighted by Crippen LogP contribution is -2.44. The first-order chi connectivity index (χ1) is 15.8. The Labute approximate surface area is 204 Å². The number of aromatic nitrogens is 3. The van der Waals surface area contributed by atoms with E-state index in [4.69, 9.17) is 17.8 Å². The van der Waals surface area contributed by atoms with Crippen LogP contribution in [-0.4, -0.2) is 50.5 Å². The lowest BCUT2D eigenvalue weighted by molar-refractivity contribution is 0.192. The highest BCUT2D eigenvalue weighted by atomic mass is 32.1. The van der Waals surface area contributed by atoms with Gasteiger partial charge in [0, 0.05) is 42.7 Å². The molecule has 3 unspecified atom stereocenters. The first-order valence-electron chi connectivity index (χ1n) is 11.0. The number of nitrogens with zero attached hydrogens (tertiary/aromatic N) is 6. The van der Waals surface area contributed by atoms with Gasteiger partial charge in [-0.05, 0) is 29.4 Å². The molecule has 3 atom stereocenters. The molecular weight excluding hydrogens is 470 g/mol. The van der Waals surface area contributed by atoms with Crippen LogP contribution in [0.4, 0.5) is 16.3 Å². The highest BCUT2D eigenvalue weighted by Gasteiger charge is 2.35. The van der Waals surface area contributed by atoms with E-state index in [9.17, 15) is 4.79 Å². The van der Waals surface area contributed by atoms with Crippen molar-refractivity contribution in [1.82, 2.24) is 19.7 Å². The van der Waals surface area contributed by atoms with E-state index in [1.54, 1.807) is 6.20 Å². The van der Waals surface area contributed by atoms with E-state index >= 15 is 0 Å². The molecule has 1 fully saturated rings. The zero-order chi connectivity index (χ0) is 23.2. The monoisotopic (exact) mass is 498 g/mol. The van der Waals surface area contributed by atoms with Gasteiger partial charge in [-0.25, -0.2) is 14.1 Å². The Morgan fingerprint density at radius 3 is 2.70 bits per heavy atom. The van der Waals surface area contributed by atoms with E-state index in [0.29, 0.717) is 19.6 Å². The minimum Gasteiger partial charge on any atom is -0.354 e. The van der Waals surface area contributed by atoms with Gasteiger partial charge in [0.05, 0.1) is 18.8 Å². The van der Waals surface area contributed by atoms with Crippen molar-refractivity contribution < 1.29 is 4.79 Å². The van der Waals surface area contributed by atoms with Gasteiger partial charge in [0.15, 0.2) is 5.82 Å². The molecule has 2 amide bonds.